The number of sulfonamides is 1. The number of halogens is 1. The largest absolute Gasteiger partial charge is 0.383 e. The highest BCUT2D eigenvalue weighted by molar-refractivity contribution is 7.89. The van der Waals surface area contributed by atoms with Crippen LogP contribution in [0.3, 0.4) is 0 Å². The van der Waals surface area contributed by atoms with E-state index in [1.165, 1.54) is 24.3 Å². The van der Waals surface area contributed by atoms with Crippen molar-refractivity contribution in [2.75, 3.05) is 11.9 Å². The summed E-state index contributed by atoms with van der Waals surface area (Å²) in [6.07, 6.45) is 0.586. The van der Waals surface area contributed by atoms with Gasteiger partial charge < -0.3 is 10.6 Å². The van der Waals surface area contributed by atoms with Crippen LogP contribution in [0.15, 0.2) is 83.8 Å². The molecule has 0 saturated heterocycles. The third kappa shape index (κ3) is 7.67. The fraction of sp³-hybridized carbons (Fsp3) is 0.269. The summed E-state index contributed by atoms with van der Waals surface area (Å²) in [6, 6.07) is 21.4. The molecule has 3 N–H and O–H groups in total. The molecule has 3 aromatic rings. The zero-order valence-electron chi connectivity index (χ0n) is 19.5. The van der Waals surface area contributed by atoms with E-state index in [-0.39, 0.29) is 16.8 Å². The molecular formula is C26H30FN3O3S. The maximum atomic E-state index is 13.2. The van der Waals surface area contributed by atoms with Gasteiger partial charge in [0.25, 0.3) is 5.91 Å². The Morgan fingerprint density at radius 1 is 0.912 bits per heavy atom. The molecule has 0 heterocycles. The van der Waals surface area contributed by atoms with Crippen molar-refractivity contribution in [2.45, 2.75) is 43.7 Å². The molecule has 0 saturated carbocycles. The van der Waals surface area contributed by atoms with Crippen molar-refractivity contribution in [3.63, 3.8) is 0 Å². The second-order valence-corrected chi connectivity index (χ2v) is 10.8. The Kier molecular flexibility index (Phi) is 8.06. The van der Waals surface area contributed by atoms with Crippen molar-refractivity contribution in [3.8, 4) is 0 Å². The van der Waals surface area contributed by atoms with Crippen LogP contribution in [0, 0.1) is 5.82 Å². The van der Waals surface area contributed by atoms with Crippen LogP contribution >= 0.6 is 0 Å². The molecule has 0 radical (unpaired) electrons. The summed E-state index contributed by atoms with van der Waals surface area (Å²) in [4.78, 5) is 12.9. The van der Waals surface area contributed by atoms with Crippen molar-refractivity contribution >= 4 is 21.6 Å². The van der Waals surface area contributed by atoms with Gasteiger partial charge in [0.05, 0.1) is 10.9 Å². The molecule has 0 unspecified atom stereocenters. The molecular weight excluding hydrogens is 453 g/mol. The predicted molar refractivity (Wildman–Crippen MR) is 133 cm³/mol. The highest BCUT2D eigenvalue weighted by Crippen LogP contribution is 2.17. The molecule has 34 heavy (non-hydrogen) atoms. The Morgan fingerprint density at radius 2 is 1.53 bits per heavy atom. The number of amides is 1. The van der Waals surface area contributed by atoms with Crippen molar-refractivity contribution in [1.29, 1.82) is 0 Å². The Labute approximate surface area is 200 Å². The molecule has 0 aliphatic carbocycles. The summed E-state index contributed by atoms with van der Waals surface area (Å²) in [6.45, 7) is 5.77. The topological polar surface area (TPSA) is 87.3 Å². The number of hydrogen-bond donors (Lipinski definition) is 3. The van der Waals surface area contributed by atoms with Gasteiger partial charge in [0.2, 0.25) is 10.0 Å². The Hall–Kier alpha value is -3.23. The second-order valence-electron chi connectivity index (χ2n) is 9.13. The molecule has 8 heteroatoms. The number of benzene rings is 3. The molecule has 0 spiro atoms. The van der Waals surface area contributed by atoms with Crippen LogP contribution in [-0.2, 0) is 16.4 Å². The van der Waals surface area contributed by atoms with E-state index in [1.807, 2.05) is 30.3 Å². The molecule has 0 aliphatic heterocycles. The first-order chi connectivity index (χ1) is 16.0. The third-order valence-electron chi connectivity index (χ3n) is 4.92. The number of carbonyl (C=O) groups is 1. The fourth-order valence-electron chi connectivity index (χ4n) is 3.40. The standard InChI is InChI=1S/C26H30FN3O3S/c1-26(2,3)30-34(32,33)24-15-13-22(14-16-24)28-18-23(17-19-7-5-4-6-8-19)29-25(31)20-9-11-21(27)12-10-20/h4-16,23,28,30H,17-18H2,1-3H3,(H,29,31)/t23-/m0/s1. The maximum absolute atomic E-state index is 13.2. The number of rotatable bonds is 9. The van der Waals surface area contributed by atoms with Gasteiger partial charge in [-0.3, -0.25) is 4.79 Å². The summed E-state index contributed by atoms with van der Waals surface area (Å²) < 4.78 is 40.8. The van der Waals surface area contributed by atoms with Gasteiger partial charge in [-0.05, 0) is 81.3 Å². The van der Waals surface area contributed by atoms with Gasteiger partial charge in [0, 0.05) is 23.3 Å². The molecule has 3 rings (SSSR count). The van der Waals surface area contributed by atoms with E-state index in [2.05, 4.69) is 15.4 Å². The van der Waals surface area contributed by atoms with E-state index < -0.39 is 21.4 Å². The second kappa shape index (κ2) is 10.8. The smallest absolute Gasteiger partial charge is 0.251 e. The minimum absolute atomic E-state index is 0.179. The van der Waals surface area contributed by atoms with E-state index >= 15 is 0 Å². The van der Waals surface area contributed by atoms with Gasteiger partial charge in [-0.25, -0.2) is 17.5 Å². The van der Waals surface area contributed by atoms with Crippen LogP contribution < -0.4 is 15.4 Å². The first kappa shape index (κ1) is 25.4. The van der Waals surface area contributed by atoms with Crippen LogP contribution in [-0.4, -0.2) is 32.5 Å². The Bertz CT molecular complexity index is 1190. The van der Waals surface area contributed by atoms with E-state index in [0.717, 1.165) is 11.3 Å². The molecule has 3 aromatic carbocycles. The summed E-state index contributed by atoms with van der Waals surface area (Å²) in [5, 5.41) is 6.27. The SMILES string of the molecule is CC(C)(C)NS(=O)(=O)c1ccc(NC[C@H](Cc2ccccc2)NC(=O)c2ccc(F)cc2)cc1. The first-order valence-corrected chi connectivity index (χ1v) is 12.5. The molecule has 0 aromatic heterocycles. The van der Waals surface area contributed by atoms with Gasteiger partial charge in [-0.1, -0.05) is 30.3 Å². The summed E-state index contributed by atoms with van der Waals surface area (Å²) in [7, 11) is -3.62. The lowest BCUT2D eigenvalue weighted by Gasteiger charge is -2.21. The van der Waals surface area contributed by atoms with Crippen molar-refractivity contribution in [3.05, 3.63) is 95.8 Å². The van der Waals surface area contributed by atoms with E-state index in [4.69, 9.17) is 0 Å². The van der Waals surface area contributed by atoms with Gasteiger partial charge in [0.15, 0.2) is 0 Å². The lowest BCUT2D eigenvalue weighted by Crippen LogP contribution is -2.41. The highest BCUT2D eigenvalue weighted by Gasteiger charge is 2.22. The number of anilines is 1. The van der Waals surface area contributed by atoms with Gasteiger partial charge in [0.1, 0.15) is 5.82 Å². The Morgan fingerprint density at radius 3 is 2.12 bits per heavy atom. The predicted octanol–water partition coefficient (Wildman–Crippen LogP) is 4.36. The normalized spacial score (nSPS) is 12.7. The molecule has 180 valence electrons. The van der Waals surface area contributed by atoms with E-state index in [9.17, 15) is 17.6 Å². The Balaban J connectivity index is 1.69. The minimum Gasteiger partial charge on any atom is -0.383 e. The molecule has 0 fully saturated rings. The van der Waals surface area contributed by atoms with Gasteiger partial charge >= 0.3 is 0 Å². The molecule has 0 bridgehead atoms. The number of hydrogen-bond acceptors (Lipinski definition) is 4. The molecule has 1 atom stereocenters. The van der Waals surface area contributed by atoms with Crippen LogP contribution in [0.25, 0.3) is 0 Å². The highest BCUT2D eigenvalue weighted by atomic mass is 32.2. The minimum atomic E-state index is -3.62. The first-order valence-electron chi connectivity index (χ1n) is 11.0. The van der Waals surface area contributed by atoms with Crippen molar-refractivity contribution < 1.29 is 17.6 Å². The third-order valence-corrected chi connectivity index (χ3v) is 6.70. The molecule has 0 aliphatic rings. The van der Waals surface area contributed by atoms with Crippen LogP contribution in [0.2, 0.25) is 0 Å². The molecule has 1 amide bonds. The summed E-state index contributed by atoms with van der Waals surface area (Å²) in [5.74, 6) is -0.695. The number of carbonyl (C=O) groups excluding carboxylic acids is 1. The van der Waals surface area contributed by atoms with Crippen molar-refractivity contribution in [2.24, 2.45) is 0 Å². The summed E-state index contributed by atoms with van der Waals surface area (Å²) >= 11 is 0. The van der Waals surface area contributed by atoms with E-state index in [0.29, 0.717) is 18.5 Å². The molecule has 6 nitrogen and oxygen atoms in total. The van der Waals surface area contributed by atoms with E-state index in [1.54, 1.807) is 45.0 Å². The fourth-order valence-corrected chi connectivity index (χ4v) is 4.82. The van der Waals surface area contributed by atoms with Gasteiger partial charge in [-0.15, -0.1) is 0 Å². The zero-order chi connectivity index (χ0) is 24.8. The van der Waals surface area contributed by atoms with Gasteiger partial charge in [-0.2, -0.15) is 0 Å². The van der Waals surface area contributed by atoms with Crippen LogP contribution in [0.1, 0.15) is 36.7 Å². The average Bonchev–Trinajstić information content (AvgIpc) is 2.77. The number of nitrogens with one attached hydrogen (secondary N) is 3. The van der Waals surface area contributed by atoms with Crippen molar-refractivity contribution in [1.82, 2.24) is 10.0 Å². The maximum Gasteiger partial charge on any atom is 0.251 e. The van der Waals surface area contributed by atoms with Crippen LogP contribution in [0.5, 0.6) is 0 Å². The lowest BCUT2D eigenvalue weighted by atomic mass is 10.0. The monoisotopic (exact) mass is 483 g/mol. The lowest BCUT2D eigenvalue weighted by molar-refractivity contribution is 0.0939. The average molecular weight is 484 g/mol. The quantitative estimate of drug-likeness (QED) is 0.422. The van der Waals surface area contributed by atoms with Crippen LogP contribution in [0.4, 0.5) is 10.1 Å². The zero-order valence-corrected chi connectivity index (χ0v) is 20.3. The summed E-state index contributed by atoms with van der Waals surface area (Å²) in [5.41, 5.74) is 1.58.